The minimum absolute atomic E-state index is 0.0360. The van der Waals surface area contributed by atoms with Crippen molar-refractivity contribution in [3.63, 3.8) is 0 Å². The number of benzene rings is 2. The molecular formula is C23H24N4O2. The van der Waals surface area contributed by atoms with Crippen LogP contribution in [0, 0.1) is 0 Å². The summed E-state index contributed by atoms with van der Waals surface area (Å²) in [5.41, 5.74) is 1.14. The van der Waals surface area contributed by atoms with Crippen LogP contribution in [-0.2, 0) is 0 Å². The molecule has 0 unspecified atom stereocenters. The van der Waals surface area contributed by atoms with Gasteiger partial charge in [0.1, 0.15) is 11.4 Å². The Morgan fingerprint density at radius 2 is 1.62 bits per heavy atom. The highest BCUT2D eigenvalue weighted by Crippen LogP contribution is 2.30. The van der Waals surface area contributed by atoms with Gasteiger partial charge in [0.15, 0.2) is 5.75 Å². The van der Waals surface area contributed by atoms with E-state index < -0.39 is 0 Å². The van der Waals surface area contributed by atoms with Crippen LogP contribution in [0.2, 0.25) is 0 Å². The number of nitrogens with zero attached hydrogens (tertiary/aromatic N) is 3. The first-order chi connectivity index (χ1) is 14.3. The minimum atomic E-state index is -0.0360. The first-order valence-corrected chi connectivity index (χ1v) is 10.0. The Kier molecular flexibility index (Phi) is 6.00. The molecule has 0 aliphatic carbocycles. The molecule has 3 aromatic rings. The van der Waals surface area contributed by atoms with Gasteiger partial charge in [-0.1, -0.05) is 43.2 Å². The van der Waals surface area contributed by atoms with E-state index in [0.717, 1.165) is 37.4 Å². The number of hydrogen-bond donors (Lipinski definition) is 1. The van der Waals surface area contributed by atoms with E-state index in [1.165, 1.54) is 12.8 Å². The molecule has 1 aliphatic heterocycles. The predicted octanol–water partition coefficient (Wildman–Crippen LogP) is 5.03. The van der Waals surface area contributed by atoms with Gasteiger partial charge in [0.25, 0.3) is 5.91 Å². The number of para-hydroxylation sites is 3. The third-order valence-electron chi connectivity index (χ3n) is 4.87. The second-order valence-electron chi connectivity index (χ2n) is 7.01. The molecule has 0 atom stereocenters. The maximum atomic E-state index is 12.8. The Bertz CT molecular complexity index is 954. The zero-order valence-corrected chi connectivity index (χ0v) is 16.3. The van der Waals surface area contributed by atoms with Gasteiger partial charge in [-0.05, 0) is 43.2 Å². The number of anilines is 2. The zero-order valence-electron chi connectivity index (χ0n) is 16.3. The van der Waals surface area contributed by atoms with Crippen molar-refractivity contribution in [3.8, 4) is 11.5 Å². The SMILES string of the molecule is O=C(c1ccnc(Nc2ccccc2Oc2ccccc2)n1)N1CCCCCC1. The van der Waals surface area contributed by atoms with Crippen LogP contribution >= 0.6 is 0 Å². The zero-order chi connectivity index (χ0) is 19.9. The fourth-order valence-corrected chi connectivity index (χ4v) is 3.37. The fraction of sp³-hybridized carbons (Fsp3) is 0.261. The average Bonchev–Trinajstić information content (AvgIpc) is 3.05. The Hall–Kier alpha value is -3.41. The normalized spacial score (nSPS) is 14.1. The van der Waals surface area contributed by atoms with E-state index in [2.05, 4.69) is 15.3 Å². The number of rotatable bonds is 5. The van der Waals surface area contributed by atoms with Crippen LogP contribution in [0.15, 0.2) is 66.9 Å². The van der Waals surface area contributed by atoms with Crippen LogP contribution in [0.4, 0.5) is 11.6 Å². The van der Waals surface area contributed by atoms with Crippen molar-refractivity contribution in [2.24, 2.45) is 0 Å². The van der Waals surface area contributed by atoms with Gasteiger partial charge in [-0.2, -0.15) is 0 Å². The Labute approximate surface area is 170 Å². The Balaban J connectivity index is 1.52. The van der Waals surface area contributed by atoms with E-state index in [9.17, 15) is 4.79 Å². The van der Waals surface area contributed by atoms with E-state index in [1.807, 2.05) is 59.5 Å². The molecule has 0 radical (unpaired) electrons. The van der Waals surface area contributed by atoms with E-state index in [0.29, 0.717) is 17.4 Å². The van der Waals surface area contributed by atoms with Crippen LogP contribution in [0.1, 0.15) is 36.2 Å². The average molecular weight is 388 g/mol. The molecule has 1 aliphatic rings. The van der Waals surface area contributed by atoms with Crippen molar-refractivity contribution < 1.29 is 9.53 Å². The number of aromatic nitrogens is 2. The summed E-state index contributed by atoms with van der Waals surface area (Å²) in [5.74, 6) is 1.74. The van der Waals surface area contributed by atoms with Gasteiger partial charge in [0.05, 0.1) is 5.69 Å². The molecule has 1 fully saturated rings. The fourth-order valence-electron chi connectivity index (χ4n) is 3.37. The Morgan fingerprint density at radius 3 is 2.41 bits per heavy atom. The lowest BCUT2D eigenvalue weighted by Crippen LogP contribution is -2.32. The lowest BCUT2D eigenvalue weighted by molar-refractivity contribution is 0.0755. The van der Waals surface area contributed by atoms with Crippen molar-refractivity contribution in [1.82, 2.24) is 14.9 Å². The first kappa shape index (κ1) is 18.9. The lowest BCUT2D eigenvalue weighted by atomic mass is 10.2. The van der Waals surface area contributed by atoms with Crippen LogP contribution in [0.5, 0.6) is 11.5 Å². The molecule has 148 valence electrons. The summed E-state index contributed by atoms with van der Waals surface area (Å²) in [4.78, 5) is 23.5. The van der Waals surface area contributed by atoms with E-state index in [1.54, 1.807) is 12.3 Å². The summed E-state index contributed by atoms with van der Waals surface area (Å²) in [5, 5.41) is 3.19. The summed E-state index contributed by atoms with van der Waals surface area (Å²) in [7, 11) is 0. The van der Waals surface area contributed by atoms with Gasteiger partial charge in [-0.15, -0.1) is 0 Å². The van der Waals surface area contributed by atoms with Crippen LogP contribution in [0.3, 0.4) is 0 Å². The molecule has 2 heterocycles. The van der Waals surface area contributed by atoms with E-state index >= 15 is 0 Å². The second-order valence-corrected chi connectivity index (χ2v) is 7.01. The van der Waals surface area contributed by atoms with Gasteiger partial charge in [0.2, 0.25) is 5.95 Å². The molecule has 6 heteroatoms. The largest absolute Gasteiger partial charge is 0.455 e. The molecule has 1 N–H and O–H groups in total. The number of hydrogen-bond acceptors (Lipinski definition) is 5. The van der Waals surface area contributed by atoms with Crippen molar-refractivity contribution in [2.45, 2.75) is 25.7 Å². The second kappa shape index (κ2) is 9.19. The lowest BCUT2D eigenvalue weighted by Gasteiger charge is -2.20. The predicted molar refractivity (Wildman–Crippen MR) is 113 cm³/mol. The molecule has 1 aromatic heterocycles. The number of amides is 1. The third kappa shape index (κ3) is 4.90. The summed E-state index contributed by atoms with van der Waals surface area (Å²) in [6.45, 7) is 1.58. The number of likely N-dealkylation sites (tertiary alicyclic amines) is 1. The highest BCUT2D eigenvalue weighted by Gasteiger charge is 2.19. The molecule has 6 nitrogen and oxygen atoms in total. The summed E-state index contributed by atoms with van der Waals surface area (Å²) >= 11 is 0. The number of nitrogens with one attached hydrogen (secondary N) is 1. The maximum Gasteiger partial charge on any atom is 0.272 e. The highest BCUT2D eigenvalue weighted by atomic mass is 16.5. The third-order valence-corrected chi connectivity index (χ3v) is 4.87. The number of carbonyl (C=O) groups is 1. The van der Waals surface area contributed by atoms with Crippen LogP contribution in [-0.4, -0.2) is 33.9 Å². The highest BCUT2D eigenvalue weighted by molar-refractivity contribution is 5.92. The van der Waals surface area contributed by atoms with Crippen molar-refractivity contribution in [1.29, 1.82) is 0 Å². The monoisotopic (exact) mass is 388 g/mol. The van der Waals surface area contributed by atoms with Crippen molar-refractivity contribution in [3.05, 3.63) is 72.6 Å². The van der Waals surface area contributed by atoms with E-state index in [-0.39, 0.29) is 5.91 Å². The molecule has 0 saturated carbocycles. The van der Waals surface area contributed by atoms with Crippen LogP contribution in [0.25, 0.3) is 0 Å². The molecular weight excluding hydrogens is 364 g/mol. The van der Waals surface area contributed by atoms with Gasteiger partial charge in [-0.3, -0.25) is 4.79 Å². The number of ether oxygens (including phenoxy) is 1. The first-order valence-electron chi connectivity index (χ1n) is 10.0. The molecule has 1 amide bonds. The molecule has 1 saturated heterocycles. The van der Waals surface area contributed by atoms with Gasteiger partial charge in [-0.25, -0.2) is 9.97 Å². The quantitative estimate of drug-likeness (QED) is 0.664. The topological polar surface area (TPSA) is 67.3 Å². The summed E-state index contributed by atoms with van der Waals surface area (Å²) in [6, 6.07) is 18.8. The molecule has 2 aromatic carbocycles. The van der Waals surface area contributed by atoms with Crippen molar-refractivity contribution >= 4 is 17.5 Å². The summed E-state index contributed by atoms with van der Waals surface area (Å²) in [6.07, 6.45) is 6.07. The smallest absolute Gasteiger partial charge is 0.272 e. The standard InChI is InChI=1S/C23H24N4O2/c28-22(27-16-8-1-2-9-17-27)20-14-15-24-23(26-20)25-19-12-6-7-13-21(19)29-18-10-4-3-5-11-18/h3-7,10-15H,1-2,8-9,16-17H2,(H,24,25,26). The van der Waals surface area contributed by atoms with Gasteiger partial charge < -0.3 is 15.0 Å². The maximum absolute atomic E-state index is 12.8. The molecule has 0 spiro atoms. The van der Waals surface area contributed by atoms with Gasteiger partial charge >= 0.3 is 0 Å². The summed E-state index contributed by atoms with van der Waals surface area (Å²) < 4.78 is 5.98. The molecule has 29 heavy (non-hydrogen) atoms. The molecule has 4 rings (SSSR count). The van der Waals surface area contributed by atoms with Crippen LogP contribution < -0.4 is 10.1 Å². The van der Waals surface area contributed by atoms with Gasteiger partial charge in [0, 0.05) is 19.3 Å². The van der Waals surface area contributed by atoms with Crippen molar-refractivity contribution in [2.75, 3.05) is 18.4 Å². The number of carbonyl (C=O) groups excluding carboxylic acids is 1. The minimum Gasteiger partial charge on any atom is -0.455 e. The Morgan fingerprint density at radius 1 is 0.897 bits per heavy atom. The molecule has 0 bridgehead atoms. The van der Waals surface area contributed by atoms with E-state index in [4.69, 9.17) is 4.74 Å².